The standard InChI is InChI=1S/C20H24F2O4.C20H26O4.C16H20O4.C16H18O4.C15H18O4/c1-5-14-6-7-17(25-13(2)23)16(12-14)18(24)26-19(3,4)15-8-10-20(21,22)11-9-15;1-5-15-11-12-18(23-14(2)21)17(13-15)19(22)24-20(3,4)16-9-7-6-8-10-16;2*1-6-12-8-9-14(19-11(3)17)13(10-12)15(18)20-16(4,5)7-2;1-6-11-7-8-13(18-10(2)16)12(9-11)14(17)19-15(3,4)5/h5-7,12,15H,1,8-11H2,2-4H3;5,11-13,16H,1,6-10H2,2-4H3;6,8-10H,1,7H2,2-5H3;6-10H,1-2H2,3-5H3;6-9H,1H2,2-5H3. The Balaban J connectivity index is 0.000000355. The summed E-state index contributed by atoms with van der Waals surface area (Å²) >= 11 is 0. The Morgan fingerprint density at radius 2 is 0.624 bits per heavy atom. The van der Waals surface area contributed by atoms with Crippen LogP contribution in [0.25, 0.3) is 30.4 Å². The molecule has 0 unspecified atom stereocenters. The maximum atomic E-state index is 13.4. The first-order valence-electron chi connectivity index (χ1n) is 35.6. The van der Waals surface area contributed by atoms with Crippen LogP contribution in [0, 0.1) is 11.8 Å². The molecule has 0 spiro atoms. The molecule has 2 aliphatic rings. The lowest BCUT2D eigenvalue weighted by Gasteiger charge is -2.38. The lowest BCUT2D eigenvalue weighted by Crippen LogP contribution is -2.41. The molecular weight excluding hydrogens is 1400 g/mol. The van der Waals surface area contributed by atoms with Crippen molar-refractivity contribution in [1.29, 1.82) is 0 Å². The van der Waals surface area contributed by atoms with Gasteiger partial charge in [-0.3, -0.25) is 24.0 Å². The maximum Gasteiger partial charge on any atom is 0.342 e. The Kier molecular flexibility index (Phi) is 35.1. The highest BCUT2D eigenvalue weighted by atomic mass is 19.3. The Morgan fingerprint density at radius 1 is 0.376 bits per heavy atom. The highest BCUT2D eigenvalue weighted by Crippen LogP contribution is 2.43. The summed E-state index contributed by atoms with van der Waals surface area (Å²) in [4.78, 5) is 118. The van der Waals surface area contributed by atoms with Gasteiger partial charge in [0.15, 0.2) is 0 Å². The second kappa shape index (κ2) is 41.4. The second-order valence-electron chi connectivity index (χ2n) is 28.9. The molecule has 2 saturated carbocycles. The van der Waals surface area contributed by atoms with E-state index < -0.39 is 93.6 Å². The number of hydrogen-bond donors (Lipinski definition) is 0. The van der Waals surface area contributed by atoms with E-state index in [1.165, 1.54) is 78.2 Å². The van der Waals surface area contributed by atoms with E-state index in [1.54, 1.807) is 152 Å². The van der Waals surface area contributed by atoms with Gasteiger partial charge in [-0.15, -0.1) is 0 Å². The molecule has 0 N–H and O–H groups in total. The first-order valence-corrected chi connectivity index (χ1v) is 35.6. The van der Waals surface area contributed by atoms with Gasteiger partial charge in [0, 0.05) is 47.5 Å². The summed E-state index contributed by atoms with van der Waals surface area (Å²) in [7, 11) is 0. The zero-order valence-electron chi connectivity index (χ0n) is 66.0. The summed E-state index contributed by atoms with van der Waals surface area (Å²) in [6.07, 6.45) is 16.1. The molecule has 0 saturated heterocycles. The van der Waals surface area contributed by atoms with Gasteiger partial charge in [-0.25, -0.2) is 32.8 Å². The van der Waals surface area contributed by atoms with Gasteiger partial charge in [-0.1, -0.05) is 126 Å². The van der Waals surface area contributed by atoms with Crippen molar-refractivity contribution in [3.05, 3.63) is 192 Å². The van der Waals surface area contributed by atoms with Crippen LogP contribution in [0.15, 0.2) is 137 Å². The molecule has 20 nitrogen and oxygen atoms in total. The summed E-state index contributed by atoms with van der Waals surface area (Å²) in [5.41, 5.74) is 1.17. The molecule has 0 bridgehead atoms. The largest absolute Gasteiger partial charge is 0.456 e. The quantitative estimate of drug-likeness (QED) is 0.0255. The summed E-state index contributed by atoms with van der Waals surface area (Å²) in [6, 6.07) is 24.2. The van der Waals surface area contributed by atoms with Crippen LogP contribution in [0.3, 0.4) is 0 Å². The van der Waals surface area contributed by atoms with Crippen molar-refractivity contribution in [2.24, 2.45) is 11.8 Å². The van der Waals surface area contributed by atoms with Crippen LogP contribution >= 0.6 is 0 Å². The van der Waals surface area contributed by atoms with Crippen molar-refractivity contribution in [1.82, 2.24) is 0 Å². The van der Waals surface area contributed by atoms with Crippen molar-refractivity contribution in [3.63, 3.8) is 0 Å². The van der Waals surface area contributed by atoms with Crippen molar-refractivity contribution in [3.8, 4) is 28.7 Å². The number of ether oxygens (including phenoxy) is 10. The molecule has 22 heteroatoms. The van der Waals surface area contributed by atoms with E-state index in [1.807, 2.05) is 34.6 Å². The molecule has 5 aromatic rings. The van der Waals surface area contributed by atoms with Crippen LogP contribution in [0.5, 0.6) is 28.7 Å². The molecule has 2 aliphatic carbocycles. The van der Waals surface area contributed by atoms with Crippen molar-refractivity contribution in [2.45, 2.75) is 216 Å². The predicted molar refractivity (Wildman–Crippen MR) is 416 cm³/mol. The van der Waals surface area contributed by atoms with Gasteiger partial charge in [-0.05, 0) is 215 Å². The third-order valence-electron chi connectivity index (χ3n) is 17.0. The third-order valence-corrected chi connectivity index (χ3v) is 17.0. The fourth-order valence-electron chi connectivity index (χ4n) is 10.7. The average Bonchev–Trinajstić information content (AvgIpc) is 0.827. The van der Waals surface area contributed by atoms with E-state index in [0.717, 1.165) is 35.1 Å². The van der Waals surface area contributed by atoms with Gasteiger partial charge in [0.05, 0.1) is 0 Å². The Bertz CT molecular complexity index is 4140. The number of halogens is 2. The zero-order chi connectivity index (χ0) is 82.6. The van der Waals surface area contributed by atoms with Crippen molar-refractivity contribution in [2.75, 3.05) is 0 Å². The van der Waals surface area contributed by atoms with E-state index in [-0.39, 0.29) is 88.2 Å². The molecule has 0 heterocycles. The van der Waals surface area contributed by atoms with Crippen molar-refractivity contribution < 1.29 is 104 Å². The number of esters is 10. The van der Waals surface area contributed by atoms with Crippen LogP contribution in [0.1, 0.15) is 262 Å². The molecule has 588 valence electrons. The Morgan fingerprint density at radius 3 is 0.862 bits per heavy atom. The van der Waals surface area contributed by atoms with Crippen LogP contribution in [-0.4, -0.2) is 93.6 Å². The molecule has 0 atom stereocenters. The van der Waals surface area contributed by atoms with E-state index >= 15 is 0 Å². The van der Waals surface area contributed by atoms with Crippen molar-refractivity contribution >= 4 is 90.1 Å². The molecule has 0 amide bonds. The highest BCUT2D eigenvalue weighted by Gasteiger charge is 2.43. The van der Waals surface area contributed by atoms with E-state index in [4.69, 9.17) is 47.4 Å². The maximum absolute atomic E-state index is 13.4. The third kappa shape index (κ3) is 31.5. The molecule has 7 rings (SSSR count). The summed E-state index contributed by atoms with van der Waals surface area (Å²) in [5, 5.41) is 0. The Hall–Kier alpha value is -10.9. The topological polar surface area (TPSA) is 263 Å². The molecule has 0 aromatic heterocycles. The SMILES string of the molecule is C=Cc1ccc(OC(C)=O)c(C(=O)OC(C)(C)C)c1.C=Cc1ccc(OC(C)=O)c(C(=O)OC(C)(C)C2CCC(F)(F)CC2)c1.C=Cc1ccc(OC(C)=O)c(C(=O)OC(C)(C)C2CCCCC2)c1.C=Cc1ccc(OC(C)=O)c(C(=O)OC(C)(C)C=C)c1.C=Cc1ccc(OC(C)=O)c(C(=O)OC(C)(C)CC)c1. The minimum absolute atomic E-state index is 0.0964. The van der Waals surface area contributed by atoms with Crippen LogP contribution in [0.4, 0.5) is 8.78 Å². The number of carbonyl (C=O) groups is 10. The van der Waals surface area contributed by atoms with Gasteiger partial charge in [-0.2, -0.15) is 0 Å². The number of carbonyl (C=O) groups excluding carboxylic acids is 10. The summed E-state index contributed by atoms with van der Waals surface area (Å²) in [6.45, 7) is 50.0. The number of rotatable bonds is 23. The lowest BCUT2D eigenvalue weighted by molar-refractivity contribution is -0.132. The van der Waals surface area contributed by atoms with Crippen LogP contribution in [0.2, 0.25) is 0 Å². The van der Waals surface area contributed by atoms with Crippen LogP contribution in [-0.2, 0) is 47.7 Å². The highest BCUT2D eigenvalue weighted by molar-refractivity contribution is 5.97. The zero-order valence-corrected chi connectivity index (χ0v) is 66.0. The number of hydrogen-bond acceptors (Lipinski definition) is 20. The molecule has 109 heavy (non-hydrogen) atoms. The summed E-state index contributed by atoms with van der Waals surface area (Å²) in [5.74, 6) is -6.86. The monoisotopic (exact) mass is 1510 g/mol. The van der Waals surface area contributed by atoms with E-state index in [0.29, 0.717) is 17.9 Å². The predicted octanol–water partition coefficient (Wildman–Crippen LogP) is 20.0. The van der Waals surface area contributed by atoms with Gasteiger partial charge in [0.1, 0.15) is 84.6 Å². The molecule has 0 radical (unpaired) electrons. The minimum atomic E-state index is -2.64. The average molecular weight is 1510 g/mol. The molecule has 2 fully saturated rings. The van der Waals surface area contributed by atoms with E-state index in [9.17, 15) is 56.7 Å². The second-order valence-corrected chi connectivity index (χ2v) is 28.9. The van der Waals surface area contributed by atoms with E-state index in [2.05, 4.69) is 39.5 Å². The first-order chi connectivity index (χ1) is 50.7. The number of benzene rings is 5. The normalized spacial score (nSPS) is 13.4. The number of alkyl halides is 2. The Labute approximate surface area is 639 Å². The molecular formula is C87H106F2O20. The minimum Gasteiger partial charge on any atom is -0.456 e. The fraction of sp³-hybridized carbons (Fsp3) is 0.402. The first kappa shape index (κ1) is 92.3. The summed E-state index contributed by atoms with van der Waals surface area (Å²) < 4.78 is 79.6. The molecule has 5 aromatic carbocycles. The smallest absolute Gasteiger partial charge is 0.342 e. The van der Waals surface area contributed by atoms with Crippen LogP contribution < -0.4 is 23.7 Å². The fourth-order valence-corrected chi connectivity index (χ4v) is 10.7. The van der Waals surface area contributed by atoms with Gasteiger partial charge in [0.25, 0.3) is 0 Å². The van der Waals surface area contributed by atoms with Gasteiger partial charge < -0.3 is 47.4 Å². The lowest BCUT2D eigenvalue weighted by atomic mass is 9.77. The van der Waals surface area contributed by atoms with Gasteiger partial charge >= 0.3 is 59.7 Å². The van der Waals surface area contributed by atoms with Gasteiger partial charge in [0.2, 0.25) is 5.92 Å². The molecule has 0 aliphatic heterocycles.